The SMILES string of the molecule is CCCCOc1nc(N)c2[nH]cc(Cc3ccc4c(c3)CN(C(C)C)CC4)c2n1. The minimum atomic E-state index is 0.363. The molecule has 0 unspecified atom stereocenters. The number of nitrogens with zero attached hydrogens (tertiary/aromatic N) is 3. The number of ether oxygens (including phenoxy) is 1. The molecular weight excluding hydrogens is 362 g/mol. The second-order valence-electron chi connectivity index (χ2n) is 8.23. The maximum absolute atomic E-state index is 6.13. The predicted molar refractivity (Wildman–Crippen MR) is 117 cm³/mol. The Kier molecular flexibility index (Phi) is 5.72. The summed E-state index contributed by atoms with van der Waals surface area (Å²) in [4.78, 5) is 14.7. The van der Waals surface area contributed by atoms with Crippen molar-refractivity contribution in [1.29, 1.82) is 0 Å². The number of nitrogens with two attached hydrogens (primary N) is 1. The van der Waals surface area contributed by atoms with E-state index < -0.39 is 0 Å². The van der Waals surface area contributed by atoms with E-state index in [9.17, 15) is 0 Å². The molecule has 2 aromatic heterocycles. The van der Waals surface area contributed by atoms with E-state index in [1.165, 1.54) is 16.7 Å². The second-order valence-corrected chi connectivity index (χ2v) is 8.23. The summed E-state index contributed by atoms with van der Waals surface area (Å²) in [6, 6.07) is 7.83. The van der Waals surface area contributed by atoms with Crippen molar-refractivity contribution in [2.45, 2.75) is 59.0 Å². The molecule has 0 bridgehead atoms. The van der Waals surface area contributed by atoms with Crippen LogP contribution in [0.3, 0.4) is 0 Å². The number of hydrogen-bond acceptors (Lipinski definition) is 5. The summed E-state index contributed by atoms with van der Waals surface area (Å²) in [6.07, 6.45) is 5.97. The molecule has 0 saturated heterocycles. The molecular formula is C23H31N5O. The van der Waals surface area contributed by atoms with Crippen LogP contribution < -0.4 is 10.5 Å². The Labute approximate surface area is 172 Å². The van der Waals surface area contributed by atoms with Crippen LogP contribution in [0.5, 0.6) is 6.01 Å². The van der Waals surface area contributed by atoms with Crippen molar-refractivity contribution in [3.63, 3.8) is 0 Å². The van der Waals surface area contributed by atoms with E-state index in [0.29, 0.717) is 24.5 Å². The number of fused-ring (bicyclic) bond motifs is 2. The van der Waals surface area contributed by atoms with Gasteiger partial charge >= 0.3 is 6.01 Å². The summed E-state index contributed by atoms with van der Waals surface area (Å²) in [7, 11) is 0. The van der Waals surface area contributed by atoms with Crippen molar-refractivity contribution in [3.8, 4) is 6.01 Å². The third kappa shape index (κ3) is 4.22. The molecule has 0 amide bonds. The van der Waals surface area contributed by atoms with Crippen LogP contribution in [-0.4, -0.2) is 39.0 Å². The Morgan fingerprint density at radius 2 is 2.10 bits per heavy atom. The molecule has 1 aliphatic rings. The van der Waals surface area contributed by atoms with Crippen LogP contribution in [0, 0.1) is 0 Å². The Hall–Kier alpha value is -2.60. The summed E-state index contributed by atoms with van der Waals surface area (Å²) in [6.45, 7) is 9.45. The number of rotatable bonds is 7. The van der Waals surface area contributed by atoms with E-state index in [1.807, 2.05) is 6.20 Å². The molecule has 0 radical (unpaired) electrons. The van der Waals surface area contributed by atoms with Crippen molar-refractivity contribution in [2.75, 3.05) is 18.9 Å². The van der Waals surface area contributed by atoms with E-state index >= 15 is 0 Å². The van der Waals surface area contributed by atoms with Gasteiger partial charge in [0.1, 0.15) is 11.0 Å². The summed E-state index contributed by atoms with van der Waals surface area (Å²) < 4.78 is 5.70. The highest BCUT2D eigenvalue weighted by atomic mass is 16.5. The molecule has 0 fully saturated rings. The van der Waals surface area contributed by atoms with Gasteiger partial charge in [-0.3, -0.25) is 4.90 Å². The van der Waals surface area contributed by atoms with Crippen molar-refractivity contribution >= 4 is 16.9 Å². The first-order chi connectivity index (χ1) is 14.0. The number of aromatic amines is 1. The molecule has 1 aromatic carbocycles. The van der Waals surface area contributed by atoms with Gasteiger partial charge in [-0.25, -0.2) is 0 Å². The summed E-state index contributed by atoms with van der Waals surface area (Å²) in [5.74, 6) is 0.436. The molecule has 1 aliphatic heterocycles. The summed E-state index contributed by atoms with van der Waals surface area (Å²) in [5, 5.41) is 0. The lowest BCUT2D eigenvalue weighted by molar-refractivity contribution is 0.203. The number of nitrogen functional groups attached to an aromatic ring is 1. The van der Waals surface area contributed by atoms with Gasteiger partial charge < -0.3 is 15.5 Å². The maximum Gasteiger partial charge on any atom is 0.319 e. The quantitative estimate of drug-likeness (QED) is 0.591. The van der Waals surface area contributed by atoms with Crippen molar-refractivity contribution in [2.24, 2.45) is 0 Å². The van der Waals surface area contributed by atoms with E-state index in [1.54, 1.807) is 0 Å². The smallest absolute Gasteiger partial charge is 0.319 e. The molecule has 6 heteroatoms. The lowest BCUT2D eigenvalue weighted by Crippen LogP contribution is -2.35. The van der Waals surface area contributed by atoms with Gasteiger partial charge in [0.2, 0.25) is 0 Å². The van der Waals surface area contributed by atoms with Gasteiger partial charge in [0, 0.05) is 37.3 Å². The fourth-order valence-electron chi connectivity index (χ4n) is 3.97. The highest BCUT2D eigenvalue weighted by Gasteiger charge is 2.19. The molecule has 6 nitrogen and oxygen atoms in total. The van der Waals surface area contributed by atoms with E-state index in [4.69, 9.17) is 10.5 Å². The Morgan fingerprint density at radius 1 is 1.24 bits per heavy atom. The first kappa shape index (κ1) is 19.7. The maximum atomic E-state index is 6.13. The standard InChI is InChI=1S/C23H31N5O/c1-4-5-10-29-23-26-20-18(13-25-21(20)22(24)27-23)11-16-6-7-17-8-9-28(15(2)3)14-19(17)12-16/h6-7,12-13,15,25H,4-5,8-11,14H2,1-3H3,(H2,24,26,27). The van der Waals surface area contributed by atoms with E-state index in [2.05, 4.69) is 58.8 Å². The van der Waals surface area contributed by atoms with Crippen LogP contribution >= 0.6 is 0 Å². The van der Waals surface area contributed by atoms with Crippen LogP contribution in [0.25, 0.3) is 11.0 Å². The minimum absolute atomic E-state index is 0.363. The summed E-state index contributed by atoms with van der Waals surface area (Å²) >= 11 is 0. The second kappa shape index (κ2) is 8.41. The monoisotopic (exact) mass is 393 g/mol. The fraction of sp³-hybridized carbons (Fsp3) is 0.478. The predicted octanol–water partition coefficient (Wildman–Crippen LogP) is 4.08. The number of hydrogen-bond donors (Lipinski definition) is 2. The molecule has 3 heterocycles. The van der Waals surface area contributed by atoms with Crippen molar-refractivity contribution in [3.05, 3.63) is 46.6 Å². The normalized spacial score (nSPS) is 14.5. The first-order valence-electron chi connectivity index (χ1n) is 10.7. The number of nitrogens with one attached hydrogen (secondary N) is 1. The van der Waals surface area contributed by atoms with Crippen LogP contribution in [0.2, 0.25) is 0 Å². The number of aromatic nitrogens is 3. The van der Waals surface area contributed by atoms with Gasteiger partial charge in [-0.2, -0.15) is 9.97 Å². The van der Waals surface area contributed by atoms with Crippen LogP contribution in [0.1, 0.15) is 55.9 Å². The zero-order valence-corrected chi connectivity index (χ0v) is 17.7. The number of unbranched alkanes of at least 4 members (excludes halogenated alkanes) is 1. The highest BCUT2D eigenvalue weighted by Crippen LogP contribution is 2.27. The minimum Gasteiger partial charge on any atom is -0.463 e. The van der Waals surface area contributed by atoms with Gasteiger partial charge in [0.05, 0.1) is 6.61 Å². The molecule has 4 rings (SSSR count). The van der Waals surface area contributed by atoms with E-state index in [0.717, 1.165) is 55.4 Å². The van der Waals surface area contributed by atoms with Gasteiger partial charge in [-0.15, -0.1) is 0 Å². The van der Waals surface area contributed by atoms with Gasteiger partial charge in [-0.1, -0.05) is 31.5 Å². The third-order valence-electron chi connectivity index (χ3n) is 5.78. The molecule has 0 saturated carbocycles. The zero-order valence-electron chi connectivity index (χ0n) is 17.7. The Bertz CT molecular complexity index is 994. The molecule has 154 valence electrons. The number of H-pyrrole nitrogens is 1. The van der Waals surface area contributed by atoms with Crippen LogP contribution in [0.4, 0.5) is 5.82 Å². The topological polar surface area (TPSA) is 80.1 Å². The molecule has 0 atom stereocenters. The van der Waals surface area contributed by atoms with Gasteiger partial charge in [-0.05, 0) is 43.4 Å². The molecule has 0 spiro atoms. The fourth-order valence-corrected chi connectivity index (χ4v) is 3.97. The van der Waals surface area contributed by atoms with E-state index in [-0.39, 0.29) is 0 Å². The first-order valence-corrected chi connectivity index (χ1v) is 10.7. The zero-order chi connectivity index (χ0) is 20.4. The lowest BCUT2D eigenvalue weighted by atomic mass is 9.94. The molecule has 3 N–H and O–H groups in total. The van der Waals surface area contributed by atoms with Gasteiger partial charge in [0.25, 0.3) is 0 Å². The third-order valence-corrected chi connectivity index (χ3v) is 5.78. The lowest BCUT2D eigenvalue weighted by Gasteiger charge is -2.32. The van der Waals surface area contributed by atoms with Crippen molar-refractivity contribution < 1.29 is 4.74 Å². The van der Waals surface area contributed by atoms with Crippen molar-refractivity contribution in [1.82, 2.24) is 19.9 Å². The average molecular weight is 394 g/mol. The van der Waals surface area contributed by atoms with Crippen LogP contribution in [0.15, 0.2) is 24.4 Å². The summed E-state index contributed by atoms with van der Waals surface area (Å²) in [5.41, 5.74) is 13.1. The number of anilines is 1. The highest BCUT2D eigenvalue weighted by molar-refractivity contribution is 5.87. The molecule has 29 heavy (non-hydrogen) atoms. The molecule has 3 aromatic rings. The Balaban J connectivity index is 1.59. The molecule has 0 aliphatic carbocycles. The van der Waals surface area contributed by atoms with Crippen LogP contribution in [-0.2, 0) is 19.4 Å². The van der Waals surface area contributed by atoms with Gasteiger partial charge in [0.15, 0.2) is 5.82 Å². The Morgan fingerprint density at radius 3 is 2.90 bits per heavy atom. The largest absolute Gasteiger partial charge is 0.463 e. The average Bonchev–Trinajstić information content (AvgIpc) is 3.11. The number of benzene rings is 1.